The average Bonchev–Trinajstić information content (AvgIpc) is 2.76. The number of aliphatic hydroxyl groups is 1. The maximum Gasteiger partial charge on any atom is 0.253 e. The highest BCUT2D eigenvalue weighted by Crippen LogP contribution is 2.18. The molecule has 0 aromatic heterocycles. The van der Waals surface area contributed by atoms with Gasteiger partial charge >= 0.3 is 0 Å². The second-order valence-corrected chi connectivity index (χ2v) is 6.37. The van der Waals surface area contributed by atoms with Crippen molar-refractivity contribution in [3.05, 3.63) is 70.8 Å². The van der Waals surface area contributed by atoms with Crippen molar-refractivity contribution in [1.82, 2.24) is 4.90 Å². The number of rotatable bonds is 2. The van der Waals surface area contributed by atoms with Crippen LogP contribution >= 0.6 is 0 Å². The topological polar surface area (TPSA) is 40.5 Å². The molecule has 3 rings (SSSR count). The van der Waals surface area contributed by atoms with Crippen molar-refractivity contribution < 1.29 is 18.7 Å². The highest BCUT2D eigenvalue weighted by Gasteiger charge is 2.22. The molecule has 1 saturated heterocycles. The van der Waals surface area contributed by atoms with Crippen molar-refractivity contribution in [2.45, 2.75) is 26.7 Å². The van der Waals surface area contributed by atoms with Crippen LogP contribution < -0.4 is 0 Å². The molecule has 28 heavy (non-hydrogen) atoms. The van der Waals surface area contributed by atoms with Crippen LogP contribution in [0.25, 0.3) is 0 Å². The van der Waals surface area contributed by atoms with Crippen LogP contribution in [0, 0.1) is 29.4 Å². The highest BCUT2D eigenvalue weighted by molar-refractivity contribution is 5.94. The summed E-state index contributed by atoms with van der Waals surface area (Å²) in [5, 5.41) is 9.17. The summed E-state index contributed by atoms with van der Waals surface area (Å²) in [4.78, 5) is 14.3. The molecule has 1 aliphatic rings. The van der Waals surface area contributed by atoms with Crippen LogP contribution in [0.1, 0.15) is 48.2 Å². The minimum atomic E-state index is -0.928. The SMILES string of the molecule is CC.O=C(c1ccc(C#Cc2ccc(F)c(F)c2)cc1)N1CCC(CO)CC1. The molecule has 0 unspecified atom stereocenters. The molecule has 1 heterocycles. The van der Waals surface area contributed by atoms with E-state index >= 15 is 0 Å². The molecule has 0 aliphatic carbocycles. The van der Waals surface area contributed by atoms with Gasteiger partial charge in [0, 0.05) is 36.4 Å². The molecule has 0 radical (unpaired) electrons. The van der Waals surface area contributed by atoms with Crippen molar-refractivity contribution >= 4 is 5.91 Å². The van der Waals surface area contributed by atoms with Crippen molar-refractivity contribution in [3.63, 3.8) is 0 Å². The molecule has 3 nitrogen and oxygen atoms in total. The summed E-state index contributed by atoms with van der Waals surface area (Å²) in [5.74, 6) is 4.08. The van der Waals surface area contributed by atoms with E-state index in [-0.39, 0.29) is 18.4 Å². The Morgan fingerprint density at radius 3 is 2.14 bits per heavy atom. The standard InChI is InChI=1S/C21H19F2NO2.C2H6/c22-19-8-5-16(13-20(19)23)2-1-15-3-6-18(7-4-15)21(26)24-11-9-17(14-25)10-12-24;1-2/h3-8,13,17,25H,9-12,14H2;1-2H3. The first-order valence-corrected chi connectivity index (χ1v) is 9.54. The molecule has 1 amide bonds. The Kier molecular flexibility index (Phi) is 8.16. The largest absolute Gasteiger partial charge is 0.396 e. The average molecular weight is 385 g/mol. The fourth-order valence-corrected chi connectivity index (χ4v) is 2.92. The van der Waals surface area contributed by atoms with Gasteiger partial charge in [-0.3, -0.25) is 4.79 Å². The van der Waals surface area contributed by atoms with Gasteiger partial charge in [0.1, 0.15) is 0 Å². The third kappa shape index (κ3) is 5.64. The van der Waals surface area contributed by atoms with Crippen LogP contribution in [0.4, 0.5) is 8.78 Å². The number of benzene rings is 2. The van der Waals surface area contributed by atoms with Crippen LogP contribution in [0.3, 0.4) is 0 Å². The van der Waals surface area contributed by atoms with Gasteiger partial charge in [-0.15, -0.1) is 0 Å². The minimum absolute atomic E-state index is 0.0264. The summed E-state index contributed by atoms with van der Waals surface area (Å²) in [6, 6.07) is 10.4. The van der Waals surface area contributed by atoms with E-state index in [0.29, 0.717) is 29.8 Å². The first-order valence-electron chi connectivity index (χ1n) is 9.54. The lowest BCUT2D eigenvalue weighted by Gasteiger charge is -2.31. The number of nitrogens with zero attached hydrogens (tertiary/aromatic N) is 1. The fraction of sp³-hybridized carbons (Fsp3) is 0.348. The Bertz CT molecular complexity index is 845. The first-order chi connectivity index (χ1) is 13.6. The van der Waals surface area contributed by atoms with Crippen molar-refractivity contribution in [2.75, 3.05) is 19.7 Å². The van der Waals surface area contributed by atoms with E-state index in [9.17, 15) is 13.6 Å². The zero-order chi connectivity index (χ0) is 20.5. The highest BCUT2D eigenvalue weighted by atomic mass is 19.2. The van der Waals surface area contributed by atoms with E-state index in [1.807, 2.05) is 13.8 Å². The third-order valence-corrected chi connectivity index (χ3v) is 4.56. The second-order valence-electron chi connectivity index (χ2n) is 6.37. The molecule has 1 aliphatic heterocycles. The zero-order valence-corrected chi connectivity index (χ0v) is 16.2. The fourth-order valence-electron chi connectivity index (χ4n) is 2.92. The Labute approximate surface area is 165 Å². The number of hydrogen-bond donors (Lipinski definition) is 1. The normalized spacial score (nSPS) is 13.8. The predicted octanol–water partition coefficient (Wildman–Crippen LogP) is 4.24. The van der Waals surface area contributed by atoms with Gasteiger partial charge in [-0.25, -0.2) is 8.78 Å². The van der Waals surface area contributed by atoms with E-state index in [2.05, 4.69) is 11.8 Å². The van der Waals surface area contributed by atoms with Crippen LogP contribution in [0.5, 0.6) is 0 Å². The molecule has 148 valence electrons. The van der Waals surface area contributed by atoms with Gasteiger partial charge < -0.3 is 10.0 Å². The van der Waals surface area contributed by atoms with Gasteiger partial charge in [0.25, 0.3) is 5.91 Å². The number of carbonyl (C=O) groups is 1. The van der Waals surface area contributed by atoms with Gasteiger partial charge in [-0.05, 0) is 61.2 Å². The zero-order valence-electron chi connectivity index (χ0n) is 16.2. The Balaban J connectivity index is 0.00000136. The minimum Gasteiger partial charge on any atom is -0.396 e. The second kappa shape index (κ2) is 10.6. The third-order valence-electron chi connectivity index (χ3n) is 4.56. The Hall–Kier alpha value is -2.71. The molecule has 1 N–H and O–H groups in total. The number of hydrogen-bond acceptors (Lipinski definition) is 2. The molecular formula is C23H25F2NO2. The molecule has 5 heteroatoms. The maximum absolute atomic E-state index is 13.2. The van der Waals surface area contributed by atoms with Crippen LogP contribution in [-0.2, 0) is 0 Å². The molecule has 0 atom stereocenters. The van der Waals surface area contributed by atoms with Crippen LogP contribution in [0.2, 0.25) is 0 Å². The van der Waals surface area contributed by atoms with E-state index in [1.54, 1.807) is 29.2 Å². The summed E-state index contributed by atoms with van der Waals surface area (Å²) in [5.41, 5.74) is 1.66. The van der Waals surface area contributed by atoms with Gasteiger partial charge in [-0.2, -0.15) is 0 Å². The van der Waals surface area contributed by atoms with E-state index in [4.69, 9.17) is 5.11 Å². The molecule has 1 fully saturated rings. The number of amides is 1. The molecule has 2 aromatic carbocycles. The van der Waals surface area contributed by atoms with Crippen molar-refractivity contribution in [3.8, 4) is 11.8 Å². The quantitative estimate of drug-likeness (QED) is 0.786. The monoisotopic (exact) mass is 385 g/mol. The Morgan fingerprint density at radius 1 is 1.00 bits per heavy atom. The molecule has 0 saturated carbocycles. The number of piperidine rings is 1. The van der Waals surface area contributed by atoms with Gasteiger partial charge in [-0.1, -0.05) is 25.7 Å². The molecule has 2 aromatic rings. The predicted molar refractivity (Wildman–Crippen MR) is 106 cm³/mol. The maximum atomic E-state index is 13.2. The lowest BCUT2D eigenvalue weighted by Crippen LogP contribution is -2.39. The number of likely N-dealkylation sites (tertiary alicyclic amines) is 1. The Morgan fingerprint density at radius 2 is 1.57 bits per heavy atom. The summed E-state index contributed by atoms with van der Waals surface area (Å²) < 4.78 is 26.1. The summed E-state index contributed by atoms with van der Waals surface area (Å²) in [6.45, 7) is 5.48. The summed E-state index contributed by atoms with van der Waals surface area (Å²) in [7, 11) is 0. The molecule has 0 spiro atoms. The van der Waals surface area contributed by atoms with Crippen LogP contribution in [-0.4, -0.2) is 35.6 Å². The van der Waals surface area contributed by atoms with Crippen LogP contribution in [0.15, 0.2) is 42.5 Å². The lowest BCUT2D eigenvalue weighted by atomic mass is 9.97. The first kappa shape index (κ1) is 21.6. The molecular weight excluding hydrogens is 360 g/mol. The van der Waals surface area contributed by atoms with Gasteiger partial charge in [0.2, 0.25) is 0 Å². The van der Waals surface area contributed by atoms with E-state index in [1.165, 1.54) is 6.07 Å². The van der Waals surface area contributed by atoms with E-state index in [0.717, 1.165) is 25.0 Å². The molecule has 0 bridgehead atoms. The van der Waals surface area contributed by atoms with Gasteiger partial charge in [0.15, 0.2) is 11.6 Å². The number of aliphatic hydroxyl groups excluding tert-OH is 1. The van der Waals surface area contributed by atoms with Crippen molar-refractivity contribution in [2.24, 2.45) is 5.92 Å². The number of halogens is 2. The van der Waals surface area contributed by atoms with Crippen molar-refractivity contribution in [1.29, 1.82) is 0 Å². The lowest BCUT2D eigenvalue weighted by molar-refractivity contribution is 0.0651. The summed E-state index contributed by atoms with van der Waals surface area (Å²) in [6.07, 6.45) is 1.64. The smallest absolute Gasteiger partial charge is 0.253 e. The number of carbonyl (C=O) groups excluding carboxylic acids is 1. The summed E-state index contributed by atoms with van der Waals surface area (Å²) >= 11 is 0. The van der Waals surface area contributed by atoms with Gasteiger partial charge in [0.05, 0.1) is 0 Å². The van der Waals surface area contributed by atoms with E-state index < -0.39 is 11.6 Å².